The van der Waals surface area contributed by atoms with Gasteiger partial charge < -0.3 is 14.8 Å². The Labute approximate surface area is 127 Å². The number of benzene rings is 1. The maximum absolute atomic E-state index is 12.6. The first-order valence-electron chi connectivity index (χ1n) is 6.86. The number of halogens is 1. The number of nitrogens with zero attached hydrogens (tertiary/aromatic N) is 2. The molecular formula is C15H16ClN3O2. The number of carbonyl (C=O) groups excluding carboxylic acids is 2. The van der Waals surface area contributed by atoms with Crippen LogP contribution in [-0.4, -0.2) is 53.3 Å². The molecule has 1 N–H and O–H groups in total. The molecule has 0 radical (unpaired) electrons. The van der Waals surface area contributed by atoms with Gasteiger partial charge in [-0.3, -0.25) is 9.59 Å². The Balaban J connectivity index is 1.88. The van der Waals surface area contributed by atoms with Crippen LogP contribution in [0, 0.1) is 6.92 Å². The van der Waals surface area contributed by atoms with E-state index in [9.17, 15) is 9.59 Å². The summed E-state index contributed by atoms with van der Waals surface area (Å²) in [5.41, 5.74) is 2.42. The van der Waals surface area contributed by atoms with Crippen molar-refractivity contribution in [2.75, 3.05) is 26.2 Å². The van der Waals surface area contributed by atoms with Crippen LogP contribution in [0.3, 0.4) is 0 Å². The number of hydrogen-bond donors (Lipinski definition) is 1. The van der Waals surface area contributed by atoms with Crippen LogP contribution >= 0.6 is 11.6 Å². The van der Waals surface area contributed by atoms with E-state index in [-0.39, 0.29) is 5.91 Å². The molecule has 6 heteroatoms. The monoisotopic (exact) mass is 305 g/mol. The highest BCUT2D eigenvalue weighted by Gasteiger charge is 2.24. The van der Waals surface area contributed by atoms with Crippen LogP contribution in [0.5, 0.6) is 0 Å². The van der Waals surface area contributed by atoms with Crippen LogP contribution in [0.4, 0.5) is 0 Å². The van der Waals surface area contributed by atoms with Gasteiger partial charge in [0.25, 0.3) is 5.91 Å². The fourth-order valence-corrected chi connectivity index (χ4v) is 2.87. The third-order valence-corrected chi connectivity index (χ3v) is 4.22. The predicted octanol–water partition coefficient (Wildman–Crippen LogP) is 2.04. The second-order valence-electron chi connectivity index (χ2n) is 5.25. The van der Waals surface area contributed by atoms with Crippen LogP contribution < -0.4 is 0 Å². The molecule has 0 saturated carbocycles. The Hall–Kier alpha value is -2.01. The van der Waals surface area contributed by atoms with Gasteiger partial charge in [-0.15, -0.1) is 0 Å². The standard InChI is InChI=1S/C15H16ClN3O2/c1-10-12-8-11(16)2-3-13(12)17-14(10)15(21)19-6-4-18(9-20)5-7-19/h2-3,8-9,17H,4-7H2,1H3. The Morgan fingerprint density at radius 2 is 2.00 bits per heavy atom. The van der Waals surface area contributed by atoms with Gasteiger partial charge in [0.05, 0.1) is 0 Å². The third-order valence-electron chi connectivity index (χ3n) is 3.98. The van der Waals surface area contributed by atoms with Crippen LogP contribution in [-0.2, 0) is 4.79 Å². The minimum Gasteiger partial charge on any atom is -0.350 e. The molecule has 3 rings (SSSR count). The molecule has 2 amide bonds. The summed E-state index contributed by atoms with van der Waals surface area (Å²) in [5, 5.41) is 1.63. The number of nitrogens with one attached hydrogen (secondary N) is 1. The second-order valence-corrected chi connectivity index (χ2v) is 5.68. The van der Waals surface area contributed by atoms with E-state index in [0.29, 0.717) is 36.9 Å². The summed E-state index contributed by atoms with van der Waals surface area (Å²) in [4.78, 5) is 30.0. The lowest BCUT2D eigenvalue weighted by Crippen LogP contribution is -2.48. The molecule has 1 aromatic heterocycles. The van der Waals surface area contributed by atoms with Gasteiger partial charge in [0.2, 0.25) is 6.41 Å². The number of hydrogen-bond acceptors (Lipinski definition) is 2. The van der Waals surface area contributed by atoms with Gasteiger partial charge in [-0.25, -0.2) is 0 Å². The minimum atomic E-state index is -0.0228. The van der Waals surface area contributed by atoms with E-state index in [2.05, 4.69) is 4.98 Å². The molecule has 0 spiro atoms. The summed E-state index contributed by atoms with van der Waals surface area (Å²) in [6.45, 7) is 4.21. The topological polar surface area (TPSA) is 56.4 Å². The van der Waals surface area contributed by atoms with Gasteiger partial charge in [0.15, 0.2) is 0 Å². The summed E-state index contributed by atoms with van der Waals surface area (Å²) in [7, 11) is 0. The van der Waals surface area contributed by atoms with Crippen LogP contribution in [0.1, 0.15) is 16.1 Å². The van der Waals surface area contributed by atoms with Crippen LogP contribution in [0.2, 0.25) is 5.02 Å². The van der Waals surface area contributed by atoms with Gasteiger partial charge in [-0.2, -0.15) is 0 Å². The summed E-state index contributed by atoms with van der Waals surface area (Å²) in [6, 6.07) is 5.55. The Morgan fingerprint density at radius 1 is 1.29 bits per heavy atom. The van der Waals surface area contributed by atoms with Crippen molar-refractivity contribution < 1.29 is 9.59 Å². The quantitative estimate of drug-likeness (QED) is 0.863. The van der Waals surface area contributed by atoms with E-state index in [0.717, 1.165) is 22.9 Å². The Morgan fingerprint density at radius 3 is 2.67 bits per heavy atom. The molecule has 5 nitrogen and oxygen atoms in total. The number of carbonyl (C=O) groups is 2. The predicted molar refractivity (Wildman–Crippen MR) is 81.6 cm³/mol. The first-order valence-corrected chi connectivity index (χ1v) is 7.24. The number of rotatable bonds is 2. The second kappa shape index (κ2) is 5.41. The van der Waals surface area contributed by atoms with E-state index in [1.807, 2.05) is 19.1 Å². The summed E-state index contributed by atoms with van der Waals surface area (Å²) in [5.74, 6) is -0.0228. The van der Waals surface area contributed by atoms with Gasteiger partial charge in [0, 0.05) is 42.1 Å². The molecule has 0 bridgehead atoms. The highest BCUT2D eigenvalue weighted by molar-refractivity contribution is 6.31. The van der Waals surface area contributed by atoms with Crippen LogP contribution in [0.15, 0.2) is 18.2 Å². The zero-order chi connectivity index (χ0) is 15.0. The molecule has 1 fully saturated rings. The SMILES string of the molecule is Cc1c(C(=O)N2CCN(C=O)CC2)[nH]c2ccc(Cl)cc12. The normalized spacial score (nSPS) is 15.5. The number of fused-ring (bicyclic) bond motifs is 1. The molecule has 2 heterocycles. The van der Waals surface area contributed by atoms with Crippen molar-refractivity contribution in [1.82, 2.24) is 14.8 Å². The molecule has 21 heavy (non-hydrogen) atoms. The summed E-state index contributed by atoms with van der Waals surface area (Å²) in [6.07, 6.45) is 0.831. The number of H-pyrrole nitrogens is 1. The number of amides is 2. The molecule has 1 aliphatic heterocycles. The number of aromatic nitrogens is 1. The number of aryl methyl sites for hydroxylation is 1. The van der Waals surface area contributed by atoms with E-state index in [1.54, 1.807) is 15.9 Å². The van der Waals surface area contributed by atoms with Gasteiger partial charge in [0.1, 0.15) is 5.69 Å². The van der Waals surface area contributed by atoms with Crippen LogP contribution in [0.25, 0.3) is 10.9 Å². The average Bonchev–Trinajstić information content (AvgIpc) is 2.83. The molecular weight excluding hydrogens is 290 g/mol. The molecule has 0 aliphatic carbocycles. The molecule has 110 valence electrons. The lowest BCUT2D eigenvalue weighted by Gasteiger charge is -2.32. The van der Waals surface area contributed by atoms with E-state index in [4.69, 9.17) is 11.6 Å². The van der Waals surface area contributed by atoms with E-state index >= 15 is 0 Å². The first kappa shape index (κ1) is 13.9. The lowest BCUT2D eigenvalue weighted by molar-refractivity contribution is -0.119. The van der Waals surface area contributed by atoms with Crippen molar-refractivity contribution in [3.8, 4) is 0 Å². The van der Waals surface area contributed by atoms with Crippen molar-refractivity contribution >= 4 is 34.8 Å². The maximum Gasteiger partial charge on any atom is 0.270 e. The molecule has 1 aliphatic rings. The molecule has 0 atom stereocenters. The maximum atomic E-state index is 12.6. The van der Waals surface area contributed by atoms with E-state index in [1.165, 1.54) is 0 Å². The lowest BCUT2D eigenvalue weighted by atomic mass is 10.1. The first-order chi connectivity index (χ1) is 10.1. The fraction of sp³-hybridized carbons (Fsp3) is 0.333. The smallest absolute Gasteiger partial charge is 0.270 e. The zero-order valence-electron chi connectivity index (χ0n) is 11.7. The number of piperazine rings is 1. The molecule has 2 aromatic rings. The Bertz CT molecular complexity index is 702. The van der Waals surface area contributed by atoms with Crippen molar-refractivity contribution in [3.63, 3.8) is 0 Å². The van der Waals surface area contributed by atoms with Crippen molar-refractivity contribution in [2.24, 2.45) is 0 Å². The molecule has 1 aromatic carbocycles. The average molecular weight is 306 g/mol. The minimum absolute atomic E-state index is 0.0228. The van der Waals surface area contributed by atoms with E-state index < -0.39 is 0 Å². The highest BCUT2D eigenvalue weighted by Crippen LogP contribution is 2.25. The molecule has 0 unspecified atom stereocenters. The highest BCUT2D eigenvalue weighted by atomic mass is 35.5. The Kier molecular flexibility index (Phi) is 3.59. The van der Waals surface area contributed by atoms with Crippen molar-refractivity contribution in [1.29, 1.82) is 0 Å². The van der Waals surface area contributed by atoms with Crippen molar-refractivity contribution in [2.45, 2.75) is 6.92 Å². The summed E-state index contributed by atoms with van der Waals surface area (Å²) >= 11 is 6.01. The number of aromatic amines is 1. The van der Waals surface area contributed by atoms with Crippen molar-refractivity contribution in [3.05, 3.63) is 34.5 Å². The zero-order valence-corrected chi connectivity index (χ0v) is 12.5. The largest absolute Gasteiger partial charge is 0.350 e. The van der Waals surface area contributed by atoms with Gasteiger partial charge in [-0.1, -0.05) is 11.6 Å². The van der Waals surface area contributed by atoms with Gasteiger partial charge in [-0.05, 0) is 30.7 Å². The van der Waals surface area contributed by atoms with Gasteiger partial charge >= 0.3 is 0 Å². The summed E-state index contributed by atoms with van der Waals surface area (Å²) < 4.78 is 0. The molecule has 1 saturated heterocycles. The fourth-order valence-electron chi connectivity index (χ4n) is 2.70. The third kappa shape index (κ3) is 2.49.